The molecule has 0 aliphatic rings. The predicted molar refractivity (Wildman–Crippen MR) is 51.0 cm³/mol. The summed E-state index contributed by atoms with van der Waals surface area (Å²) < 4.78 is 27.4. The molecule has 0 bridgehead atoms. The highest BCUT2D eigenvalue weighted by atomic mass is 35.5. The average Bonchev–Trinajstić information content (AvgIpc) is 2.18. The molecule has 0 radical (unpaired) electrons. The summed E-state index contributed by atoms with van der Waals surface area (Å²) in [5.41, 5.74) is 0. The summed E-state index contributed by atoms with van der Waals surface area (Å²) in [5.74, 6) is 0. The van der Waals surface area contributed by atoms with Crippen LogP contribution in [0.3, 0.4) is 0 Å². The molecule has 0 saturated carbocycles. The lowest BCUT2D eigenvalue weighted by Gasteiger charge is -2.02. The maximum absolute atomic E-state index is 11.3. The zero-order valence-electron chi connectivity index (χ0n) is 7.27. The van der Waals surface area contributed by atoms with Crippen LogP contribution in [-0.2, 0) is 9.84 Å². The lowest BCUT2D eigenvalue weighted by molar-refractivity contribution is 0.375. The Labute approximate surface area is 86.3 Å². The molecular formula is C7H7ClN2O3S. The molecule has 0 fully saturated rings. The van der Waals surface area contributed by atoms with Crippen LogP contribution in [0.1, 0.15) is 0 Å². The van der Waals surface area contributed by atoms with E-state index in [2.05, 4.69) is 21.3 Å². The van der Waals surface area contributed by atoms with Crippen molar-refractivity contribution in [3.63, 3.8) is 0 Å². The Balaban J connectivity index is 3.40. The SMILES string of the molecule is C=CS(=O)(=O)c1nc(OC)ncc1Cl. The van der Waals surface area contributed by atoms with Crippen LogP contribution in [0.5, 0.6) is 6.01 Å². The van der Waals surface area contributed by atoms with Gasteiger partial charge < -0.3 is 4.74 Å². The van der Waals surface area contributed by atoms with E-state index in [1.165, 1.54) is 7.11 Å². The van der Waals surface area contributed by atoms with Gasteiger partial charge in [-0.15, -0.1) is 0 Å². The van der Waals surface area contributed by atoms with Crippen LogP contribution in [-0.4, -0.2) is 25.5 Å². The first-order valence-electron chi connectivity index (χ1n) is 3.45. The van der Waals surface area contributed by atoms with Crippen molar-refractivity contribution >= 4 is 21.4 Å². The Hall–Kier alpha value is -1.14. The van der Waals surface area contributed by atoms with Crippen molar-refractivity contribution in [3.05, 3.63) is 23.2 Å². The van der Waals surface area contributed by atoms with Crippen LogP contribution in [0.25, 0.3) is 0 Å². The first kappa shape index (κ1) is 10.9. The summed E-state index contributed by atoms with van der Waals surface area (Å²) in [6, 6.07) is -0.0603. The zero-order valence-corrected chi connectivity index (χ0v) is 8.84. The van der Waals surface area contributed by atoms with Gasteiger partial charge in [-0.2, -0.15) is 4.98 Å². The Morgan fingerprint density at radius 3 is 2.79 bits per heavy atom. The van der Waals surface area contributed by atoms with Crippen LogP contribution < -0.4 is 4.74 Å². The number of nitrogens with zero attached hydrogens (tertiary/aromatic N) is 2. The Morgan fingerprint density at radius 2 is 2.29 bits per heavy atom. The topological polar surface area (TPSA) is 69.2 Å². The van der Waals surface area contributed by atoms with Crippen molar-refractivity contribution in [2.45, 2.75) is 5.03 Å². The monoisotopic (exact) mass is 234 g/mol. The van der Waals surface area contributed by atoms with Crippen LogP contribution in [0.15, 0.2) is 23.2 Å². The standard InChI is InChI=1S/C7H7ClN2O3S/c1-3-14(11,12)6-5(8)4-9-7(10-6)13-2/h3-4H,1H2,2H3. The van der Waals surface area contributed by atoms with Crippen LogP contribution in [0.2, 0.25) is 5.02 Å². The molecule has 1 aromatic heterocycles. The van der Waals surface area contributed by atoms with Crippen LogP contribution in [0, 0.1) is 0 Å². The second-order valence-corrected chi connectivity index (χ2v) is 4.44. The smallest absolute Gasteiger partial charge is 0.317 e. The number of aromatic nitrogens is 2. The second kappa shape index (κ2) is 3.93. The molecule has 5 nitrogen and oxygen atoms in total. The van der Waals surface area contributed by atoms with Gasteiger partial charge in [0.2, 0.25) is 9.84 Å². The molecule has 1 heterocycles. The molecule has 0 unspecified atom stereocenters. The maximum atomic E-state index is 11.3. The third kappa shape index (κ3) is 2.02. The highest BCUT2D eigenvalue weighted by molar-refractivity contribution is 7.94. The minimum absolute atomic E-state index is 0.0603. The number of halogens is 1. The molecule has 0 N–H and O–H groups in total. The highest BCUT2D eigenvalue weighted by Crippen LogP contribution is 2.21. The fourth-order valence-electron chi connectivity index (χ4n) is 0.713. The van der Waals surface area contributed by atoms with Crippen molar-refractivity contribution in [3.8, 4) is 6.01 Å². The average molecular weight is 235 g/mol. The molecule has 7 heteroatoms. The summed E-state index contributed by atoms with van der Waals surface area (Å²) >= 11 is 5.61. The van der Waals surface area contributed by atoms with Gasteiger partial charge in [0.05, 0.1) is 18.3 Å². The van der Waals surface area contributed by atoms with E-state index in [1.54, 1.807) is 0 Å². The van der Waals surface area contributed by atoms with Gasteiger partial charge >= 0.3 is 6.01 Å². The third-order valence-electron chi connectivity index (χ3n) is 1.36. The zero-order chi connectivity index (χ0) is 10.8. The molecule has 76 valence electrons. The largest absolute Gasteiger partial charge is 0.467 e. The van der Waals surface area contributed by atoms with Gasteiger partial charge in [0.25, 0.3) is 0 Å². The summed E-state index contributed by atoms with van der Waals surface area (Å²) in [5, 5.41) is 0.396. The number of sulfone groups is 1. The van der Waals surface area contributed by atoms with Crippen molar-refractivity contribution < 1.29 is 13.2 Å². The molecule has 0 aliphatic heterocycles. The van der Waals surface area contributed by atoms with Crippen molar-refractivity contribution in [1.29, 1.82) is 0 Å². The summed E-state index contributed by atoms with van der Waals surface area (Å²) in [4.78, 5) is 7.25. The van der Waals surface area contributed by atoms with Gasteiger partial charge in [-0.25, -0.2) is 13.4 Å². The van der Waals surface area contributed by atoms with Crippen molar-refractivity contribution in [2.24, 2.45) is 0 Å². The molecule has 0 amide bonds. The maximum Gasteiger partial charge on any atom is 0.317 e. The van der Waals surface area contributed by atoms with E-state index in [4.69, 9.17) is 11.6 Å². The molecule has 14 heavy (non-hydrogen) atoms. The van der Waals surface area contributed by atoms with Gasteiger partial charge in [0.15, 0.2) is 5.03 Å². The minimum atomic E-state index is -3.66. The Morgan fingerprint density at radius 1 is 1.64 bits per heavy atom. The quantitative estimate of drug-likeness (QED) is 0.732. The first-order valence-corrected chi connectivity index (χ1v) is 5.37. The number of hydrogen-bond donors (Lipinski definition) is 0. The minimum Gasteiger partial charge on any atom is -0.467 e. The van der Waals surface area contributed by atoms with E-state index >= 15 is 0 Å². The summed E-state index contributed by atoms with van der Waals surface area (Å²) in [7, 11) is -2.33. The molecule has 0 saturated heterocycles. The second-order valence-electron chi connectivity index (χ2n) is 2.22. The molecule has 0 aromatic carbocycles. The molecule has 0 aliphatic carbocycles. The molecule has 0 atom stereocenters. The van der Waals surface area contributed by atoms with Gasteiger partial charge in [-0.3, -0.25) is 0 Å². The Kier molecular flexibility index (Phi) is 3.07. The lowest BCUT2D eigenvalue weighted by atomic mass is 10.7. The van der Waals surface area contributed by atoms with E-state index in [0.717, 1.165) is 11.6 Å². The van der Waals surface area contributed by atoms with E-state index in [-0.39, 0.29) is 16.1 Å². The first-order chi connectivity index (χ1) is 6.51. The fraction of sp³-hybridized carbons (Fsp3) is 0.143. The highest BCUT2D eigenvalue weighted by Gasteiger charge is 2.17. The van der Waals surface area contributed by atoms with Gasteiger partial charge in [0, 0.05) is 5.41 Å². The van der Waals surface area contributed by atoms with Crippen molar-refractivity contribution in [1.82, 2.24) is 9.97 Å². The lowest BCUT2D eigenvalue weighted by Crippen LogP contribution is -2.03. The van der Waals surface area contributed by atoms with E-state index in [0.29, 0.717) is 0 Å². The Bertz CT molecular complexity index is 458. The van der Waals surface area contributed by atoms with Crippen LogP contribution >= 0.6 is 11.6 Å². The van der Waals surface area contributed by atoms with Gasteiger partial charge in [-0.1, -0.05) is 18.2 Å². The van der Waals surface area contributed by atoms with E-state index < -0.39 is 9.84 Å². The van der Waals surface area contributed by atoms with Crippen molar-refractivity contribution in [2.75, 3.05) is 7.11 Å². The molecule has 1 rings (SSSR count). The summed E-state index contributed by atoms with van der Waals surface area (Å²) in [6.07, 6.45) is 1.16. The number of hydrogen-bond acceptors (Lipinski definition) is 5. The summed E-state index contributed by atoms with van der Waals surface area (Å²) in [6.45, 7) is 3.16. The van der Waals surface area contributed by atoms with Crippen LogP contribution in [0.4, 0.5) is 0 Å². The number of ether oxygens (including phenoxy) is 1. The molecule has 1 aromatic rings. The predicted octanol–water partition coefficient (Wildman–Crippen LogP) is 1.06. The fourth-order valence-corrected chi connectivity index (χ4v) is 1.81. The molecular weight excluding hydrogens is 228 g/mol. The molecule has 0 spiro atoms. The third-order valence-corrected chi connectivity index (χ3v) is 3.04. The van der Waals surface area contributed by atoms with Gasteiger partial charge in [0.1, 0.15) is 0 Å². The van der Waals surface area contributed by atoms with Gasteiger partial charge in [-0.05, 0) is 0 Å². The van der Waals surface area contributed by atoms with E-state index in [1.807, 2.05) is 0 Å². The van der Waals surface area contributed by atoms with E-state index in [9.17, 15) is 8.42 Å². The number of rotatable bonds is 3. The normalized spacial score (nSPS) is 11.0. The number of methoxy groups -OCH3 is 1.